The van der Waals surface area contributed by atoms with Gasteiger partial charge in [0.25, 0.3) is 5.91 Å². The van der Waals surface area contributed by atoms with Crippen molar-refractivity contribution in [2.24, 2.45) is 5.73 Å². The average molecular weight is 325 g/mol. The van der Waals surface area contributed by atoms with Crippen molar-refractivity contribution in [3.8, 4) is 11.5 Å². The number of carbonyl (C=O) groups is 1. The molecule has 118 valence electrons. The number of rotatable bonds is 8. The van der Waals surface area contributed by atoms with Crippen molar-refractivity contribution < 1.29 is 18.7 Å². The van der Waals surface area contributed by atoms with Gasteiger partial charge in [0, 0.05) is 6.54 Å². The van der Waals surface area contributed by atoms with Crippen molar-refractivity contribution in [2.45, 2.75) is 13.1 Å². The maximum atomic E-state index is 10.8. The van der Waals surface area contributed by atoms with Crippen molar-refractivity contribution in [3.63, 3.8) is 0 Å². The number of nitrogens with one attached hydrogen (secondary N) is 1. The number of methoxy groups -OCH3 is 1. The Morgan fingerprint density at radius 1 is 1.41 bits per heavy atom. The third-order valence-corrected chi connectivity index (χ3v) is 3.14. The van der Waals surface area contributed by atoms with Gasteiger partial charge in [-0.15, -0.1) is 0 Å². The average Bonchev–Trinajstić information content (AvgIpc) is 2.98. The molecule has 0 unspecified atom stereocenters. The maximum Gasteiger partial charge on any atom is 0.255 e. The lowest BCUT2D eigenvalue weighted by Crippen LogP contribution is -2.20. The molecule has 0 atom stereocenters. The van der Waals surface area contributed by atoms with Crippen LogP contribution in [0, 0.1) is 0 Å². The van der Waals surface area contributed by atoms with Gasteiger partial charge >= 0.3 is 0 Å². The Morgan fingerprint density at radius 3 is 2.86 bits per heavy atom. The van der Waals surface area contributed by atoms with Crippen LogP contribution in [0.1, 0.15) is 11.3 Å². The second-order valence-electron chi connectivity index (χ2n) is 4.55. The molecule has 0 aliphatic rings. The molecule has 0 aliphatic heterocycles. The summed E-state index contributed by atoms with van der Waals surface area (Å²) in [5.41, 5.74) is 5.97. The highest BCUT2D eigenvalue weighted by atomic mass is 35.5. The van der Waals surface area contributed by atoms with Crippen LogP contribution >= 0.6 is 11.6 Å². The highest BCUT2D eigenvalue weighted by Crippen LogP contribution is 2.36. The summed E-state index contributed by atoms with van der Waals surface area (Å²) in [6, 6.07) is 7.26. The number of primary amides is 1. The fraction of sp³-hybridized carbons (Fsp3) is 0.267. The van der Waals surface area contributed by atoms with Gasteiger partial charge in [-0.3, -0.25) is 4.79 Å². The third-order valence-electron chi connectivity index (χ3n) is 2.86. The lowest BCUT2D eigenvalue weighted by Gasteiger charge is -2.13. The lowest BCUT2D eigenvalue weighted by molar-refractivity contribution is -0.119. The van der Waals surface area contributed by atoms with Crippen LogP contribution in [-0.2, 0) is 17.9 Å². The van der Waals surface area contributed by atoms with E-state index in [1.807, 2.05) is 12.1 Å². The summed E-state index contributed by atoms with van der Waals surface area (Å²) in [6.45, 7) is 0.923. The summed E-state index contributed by atoms with van der Waals surface area (Å²) in [6.07, 6.45) is 1.63. The molecule has 6 nitrogen and oxygen atoms in total. The van der Waals surface area contributed by atoms with Crippen molar-refractivity contribution >= 4 is 17.5 Å². The Bertz CT molecular complexity index is 629. The Morgan fingerprint density at radius 2 is 2.23 bits per heavy atom. The van der Waals surface area contributed by atoms with Gasteiger partial charge in [0.2, 0.25) is 0 Å². The van der Waals surface area contributed by atoms with Gasteiger partial charge < -0.3 is 24.9 Å². The van der Waals surface area contributed by atoms with Crippen LogP contribution < -0.4 is 20.5 Å². The van der Waals surface area contributed by atoms with E-state index >= 15 is 0 Å². The van der Waals surface area contributed by atoms with Crippen molar-refractivity contribution in [3.05, 3.63) is 46.9 Å². The first-order valence-corrected chi connectivity index (χ1v) is 6.98. The van der Waals surface area contributed by atoms with E-state index in [4.69, 9.17) is 31.2 Å². The smallest absolute Gasteiger partial charge is 0.255 e. The zero-order valence-corrected chi connectivity index (χ0v) is 12.9. The quantitative estimate of drug-likeness (QED) is 0.776. The first kappa shape index (κ1) is 16.2. The van der Waals surface area contributed by atoms with Crippen LogP contribution in [0.25, 0.3) is 0 Å². The minimum absolute atomic E-state index is 0.258. The van der Waals surface area contributed by atoms with Gasteiger partial charge in [-0.05, 0) is 29.8 Å². The highest BCUT2D eigenvalue weighted by molar-refractivity contribution is 6.32. The summed E-state index contributed by atoms with van der Waals surface area (Å²) >= 11 is 6.17. The monoisotopic (exact) mass is 324 g/mol. The molecule has 2 aromatic rings. The molecule has 0 saturated heterocycles. The maximum absolute atomic E-state index is 10.8. The number of hydrogen-bond acceptors (Lipinski definition) is 5. The molecule has 3 N–H and O–H groups in total. The van der Waals surface area contributed by atoms with E-state index in [1.165, 1.54) is 7.11 Å². The predicted octanol–water partition coefficient (Wildman–Crippen LogP) is 2.10. The van der Waals surface area contributed by atoms with Crippen molar-refractivity contribution in [1.82, 2.24) is 5.32 Å². The number of benzene rings is 1. The molecule has 0 bridgehead atoms. The van der Waals surface area contributed by atoms with Crippen LogP contribution in [0.4, 0.5) is 0 Å². The van der Waals surface area contributed by atoms with E-state index in [-0.39, 0.29) is 6.61 Å². The van der Waals surface area contributed by atoms with Crippen LogP contribution in [0.5, 0.6) is 11.5 Å². The van der Waals surface area contributed by atoms with Gasteiger partial charge in [0.15, 0.2) is 18.1 Å². The molecule has 0 radical (unpaired) electrons. The second-order valence-corrected chi connectivity index (χ2v) is 4.95. The summed E-state index contributed by atoms with van der Waals surface area (Å²) in [5, 5.41) is 3.59. The van der Waals surface area contributed by atoms with Crippen LogP contribution in [0.15, 0.2) is 34.9 Å². The Labute approximate surface area is 133 Å². The molecule has 1 aromatic heterocycles. The number of furan rings is 1. The minimum Gasteiger partial charge on any atom is -0.493 e. The molecule has 0 spiro atoms. The standard InChI is InChI=1S/C15H17ClN2O4/c1-20-13-6-10(7-18-8-11-3-2-4-21-11)5-12(16)15(13)22-9-14(17)19/h2-6,18H,7-9H2,1H3,(H2,17,19). The van der Waals surface area contributed by atoms with Gasteiger partial charge in [-0.2, -0.15) is 0 Å². The fourth-order valence-electron chi connectivity index (χ4n) is 1.90. The van der Waals surface area contributed by atoms with Crippen molar-refractivity contribution in [2.75, 3.05) is 13.7 Å². The zero-order valence-electron chi connectivity index (χ0n) is 12.1. The van der Waals surface area contributed by atoms with E-state index in [2.05, 4.69) is 5.32 Å². The SMILES string of the molecule is COc1cc(CNCc2ccco2)cc(Cl)c1OCC(N)=O. The normalized spacial score (nSPS) is 10.5. The molecule has 22 heavy (non-hydrogen) atoms. The molecule has 0 aliphatic carbocycles. The highest BCUT2D eigenvalue weighted by Gasteiger charge is 2.13. The van der Waals surface area contributed by atoms with Crippen LogP contribution in [-0.4, -0.2) is 19.6 Å². The molecule has 7 heteroatoms. The predicted molar refractivity (Wildman–Crippen MR) is 81.9 cm³/mol. The topological polar surface area (TPSA) is 86.7 Å². The number of hydrogen-bond donors (Lipinski definition) is 2. The number of nitrogens with two attached hydrogens (primary N) is 1. The first-order valence-electron chi connectivity index (χ1n) is 6.60. The van der Waals surface area contributed by atoms with Crippen LogP contribution in [0.3, 0.4) is 0 Å². The number of carbonyl (C=O) groups excluding carboxylic acids is 1. The lowest BCUT2D eigenvalue weighted by atomic mass is 10.2. The van der Waals surface area contributed by atoms with E-state index < -0.39 is 5.91 Å². The molecular weight excluding hydrogens is 308 g/mol. The molecule has 2 rings (SSSR count). The fourth-order valence-corrected chi connectivity index (χ4v) is 2.19. The molecule has 1 amide bonds. The van der Waals surface area contributed by atoms with Crippen molar-refractivity contribution in [1.29, 1.82) is 0 Å². The summed E-state index contributed by atoms with van der Waals surface area (Å²) in [4.78, 5) is 10.8. The first-order chi connectivity index (χ1) is 10.6. The minimum atomic E-state index is -0.581. The van der Waals surface area contributed by atoms with Gasteiger partial charge in [-0.1, -0.05) is 11.6 Å². The largest absolute Gasteiger partial charge is 0.493 e. The summed E-state index contributed by atoms with van der Waals surface area (Å²) < 4.78 is 15.8. The molecule has 0 fully saturated rings. The molecule has 0 saturated carbocycles. The van der Waals surface area contributed by atoms with Gasteiger partial charge in [0.1, 0.15) is 5.76 Å². The van der Waals surface area contributed by atoms with E-state index in [0.29, 0.717) is 29.6 Å². The molecule has 1 heterocycles. The van der Waals surface area contributed by atoms with Crippen LogP contribution in [0.2, 0.25) is 5.02 Å². The number of ether oxygens (including phenoxy) is 2. The van der Waals surface area contributed by atoms with Gasteiger partial charge in [0.05, 0.1) is 24.9 Å². The summed E-state index contributed by atoms with van der Waals surface area (Å²) in [5.74, 6) is 1.02. The van der Waals surface area contributed by atoms with E-state index in [1.54, 1.807) is 18.4 Å². The van der Waals surface area contributed by atoms with Gasteiger partial charge in [-0.25, -0.2) is 0 Å². The molecule has 1 aromatic carbocycles. The number of amides is 1. The third kappa shape index (κ3) is 4.41. The number of halogens is 1. The molecular formula is C15H17ClN2O4. The second kappa shape index (κ2) is 7.72. The Kier molecular flexibility index (Phi) is 5.68. The zero-order chi connectivity index (χ0) is 15.9. The van der Waals surface area contributed by atoms with E-state index in [0.717, 1.165) is 11.3 Å². The summed E-state index contributed by atoms with van der Waals surface area (Å²) in [7, 11) is 1.50. The Hall–Kier alpha value is -2.18. The Balaban J connectivity index is 2.03. The van der Waals surface area contributed by atoms with E-state index in [9.17, 15) is 4.79 Å².